The lowest BCUT2D eigenvalue weighted by Crippen LogP contribution is -2.55. The van der Waals surface area contributed by atoms with E-state index in [2.05, 4.69) is 13.5 Å². The molecule has 0 N–H and O–H groups in total. The van der Waals surface area contributed by atoms with Crippen LogP contribution in [0.5, 0.6) is 0 Å². The van der Waals surface area contributed by atoms with E-state index in [1.54, 1.807) is 21.3 Å². The Morgan fingerprint density at radius 2 is 1.69 bits per heavy atom. The van der Waals surface area contributed by atoms with E-state index in [1.807, 2.05) is 6.92 Å². The van der Waals surface area contributed by atoms with Gasteiger partial charge in [-0.15, -0.1) is 0 Å². The molecule has 1 atom stereocenters. The lowest BCUT2D eigenvalue weighted by atomic mass is 10.3. The number of rotatable bonds is 9. The van der Waals surface area contributed by atoms with Gasteiger partial charge in [0.2, 0.25) is 0 Å². The Morgan fingerprint density at radius 1 is 1.19 bits per heavy atom. The highest BCUT2D eigenvalue weighted by molar-refractivity contribution is 6.62. The van der Waals surface area contributed by atoms with Gasteiger partial charge in [-0.25, -0.2) is 0 Å². The first-order valence-electron chi connectivity index (χ1n) is 5.47. The molecule has 0 saturated heterocycles. The lowest BCUT2D eigenvalue weighted by Gasteiger charge is -2.32. The minimum atomic E-state index is -2.70. The van der Waals surface area contributed by atoms with Crippen LogP contribution in [0.4, 0.5) is 0 Å². The highest BCUT2D eigenvalue weighted by Gasteiger charge is 2.48. The third kappa shape index (κ3) is 4.35. The second-order valence-corrected chi connectivity index (χ2v) is 6.84. The van der Waals surface area contributed by atoms with Gasteiger partial charge in [0.1, 0.15) is 5.73 Å². The zero-order valence-corrected chi connectivity index (χ0v) is 12.0. The Kier molecular flexibility index (Phi) is 7.87. The van der Waals surface area contributed by atoms with Crippen LogP contribution in [0.3, 0.4) is 0 Å². The molecule has 0 aromatic heterocycles. The van der Waals surface area contributed by atoms with Crippen LogP contribution in [0.25, 0.3) is 0 Å². The Labute approximate surface area is 99.9 Å². The SMILES string of the molecule is C=C(C)COC(CCC)[Si](OC)(OC)OC. The fraction of sp³-hybridized carbons (Fsp3) is 0.818. The molecule has 0 amide bonds. The van der Waals surface area contributed by atoms with Gasteiger partial charge >= 0.3 is 8.80 Å². The van der Waals surface area contributed by atoms with E-state index in [1.165, 1.54) is 0 Å². The summed E-state index contributed by atoms with van der Waals surface area (Å²) in [6.45, 7) is 8.35. The van der Waals surface area contributed by atoms with Crippen molar-refractivity contribution < 1.29 is 18.0 Å². The van der Waals surface area contributed by atoms with Crippen molar-refractivity contribution in [3.8, 4) is 0 Å². The standard InChI is InChI=1S/C11H24O4Si/c1-7-8-11(15-9-10(2)3)16(12-4,13-5)14-6/h11H,2,7-9H2,1,3-6H3. The molecule has 0 bridgehead atoms. The summed E-state index contributed by atoms with van der Waals surface area (Å²) in [5.74, 6) is 0. The molecule has 0 saturated carbocycles. The number of hydrogen-bond acceptors (Lipinski definition) is 4. The van der Waals surface area contributed by atoms with Gasteiger partial charge in [0, 0.05) is 21.3 Å². The second kappa shape index (κ2) is 7.97. The maximum atomic E-state index is 5.77. The second-order valence-electron chi connectivity index (χ2n) is 3.76. The molecule has 0 radical (unpaired) electrons. The Bertz CT molecular complexity index is 196. The molecule has 0 aromatic carbocycles. The van der Waals surface area contributed by atoms with Gasteiger partial charge in [0.05, 0.1) is 6.61 Å². The van der Waals surface area contributed by atoms with Crippen LogP contribution in [0.1, 0.15) is 26.7 Å². The van der Waals surface area contributed by atoms with Gasteiger partial charge in [-0.1, -0.05) is 25.5 Å². The van der Waals surface area contributed by atoms with E-state index in [9.17, 15) is 0 Å². The van der Waals surface area contributed by atoms with E-state index in [-0.39, 0.29) is 5.73 Å². The van der Waals surface area contributed by atoms with Gasteiger partial charge in [-0.3, -0.25) is 0 Å². The van der Waals surface area contributed by atoms with E-state index < -0.39 is 8.80 Å². The average Bonchev–Trinajstić information content (AvgIpc) is 2.28. The first-order chi connectivity index (χ1) is 7.56. The van der Waals surface area contributed by atoms with E-state index in [0.717, 1.165) is 18.4 Å². The van der Waals surface area contributed by atoms with Gasteiger partial charge in [-0.2, -0.15) is 0 Å². The average molecular weight is 248 g/mol. The van der Waals surface area contributed by atoms with E-state index >= 15 is 0 Å². The quantitative estimate of drug-likeness (QED) is 0.463. The van der Waals surface area contributed by atoms with Gasteiger partial charge in [0.15, 0.2) is 0 Å². The molecule has 0 spiro atoms. The predicted molar refractivity (Wildman–Crippen MR) is 66.2 cm³/mol. The molecule has 0 heterocycles. The molecule has 0 aliphatic heterocycles. The molecule has 0 aliphatic rings. The maximum Gasteiger partial charge on any atom is 0.530 e. The topological polar surface area (TPSA) is 36.9 Å². The fourth-order valence-electron chi connectivity index (χ4n) is 1.51. The van der Waals surface area contributed by atoms with Crippen molar-refractivity contribution in [3.63, 3.8) is 0 Å². The van der Waals surface area contributed by atoms with Crippen molar-refractivity contribution in [3.05, 3.63) is 12.2 Å². The minimum Gasteiger partial charge on any atom is -0.375 e. The number of ether oxygens (including phenoxy) is 1. The third-order valence-electron chi connectivity index (χ3n) is 2.33. The molecule has 5 heteroatoms. The van der Waals surface area contributed by atoms with Gasteiger partial charge < -0.3 is 18.0 Å². The van der Waals surface area contributed by atoms with E-state index in [4.69, 9.17) is 18.0 Å². The zero-order valence-electron chi connectivity index (χ0n) is 11.0. The highest BCUT2D eigenvalue weighted by Crippen LogP contribution is 2.20. The van der Waals surface area contributed by atoms with E-state index in [0.29, 0.717) is 6.61 Å². The van der Waals surface area contributed by atoms with Gasteiger partial charge in [0.25, 0.3) is 0 Å². The smallest absolute Gasteiger partial charge is 0.375 e. The normalized spacial score (nSPS) is 13.8. The van der Waals surface area contributed by atoms with Crippen LogP contribution in [0.2, 0.25) is 0 Å². The van der Waals surface area contributed by atoms with Crippen LogP contribution in [-0.2, 0) is 18.0 Å². The largest absolute Gasteiger partial charge is 0.530 e. The van der Waals surface area contributed by atoms with Crippen LogP contribution in [-0.4, -0.2) is 42.5 Å². The van der Waals surface area contributed by atoms with Crippen LogP contribution >= 0.6 is 0 Å². The summed E-state index contributed by atoms with van der Waals surface area (Å²) in [6, 6.07) is 0. The summed E-state index contributed by atoms with van der Waals surface area (Å²) < 4.78 is 22.0. The van der Waals surface area contributed by atoms with Crippen molar-refractivity contribution in [2.24, 2.45) is 0 Å². The third-order valence-corrected chi connectivity index (χ3v) is 5.28. The summed E-state index contributed by atoms with van der Waals surface area (Å²) in [4.78, 5) is 0. The monoisotopic (exact) mass is 248 g/mol. The highest BCUT2D eigenvalue weighted by atomic mass is 28.4. The predicted octanol–water partition coefficient (Wildman–Crippen LogP) is 2.17. The molecule has 0 aromatic rings. The van der Waals surface area contributed by atoms with Crippen molar-refractivity contribution in [2.75, 3.05) is 27.9 Å². The summed E-state index contributed by atoms with van der Waals surface area (Å²) in [7, 11) is 2.11. The van der Waals surface area contributed by atoms with Crippen molar-refractivity contribution in [1.29, 1.82) is 0 Å². The Morgan fingerprint density at radius 3 is 2.00 bits per heavy atom. The van der Waals surface area contributed by atoms with Crippen LogP contribution < -0.4 is 0 Å². The maximum absolute atomic E-state index is 5.77. The zero-order chi connectivity index (χ0) is 12.6. The number of hydrogen-bond donors (Lipinski definition) is 0. The summed E-state index contributed by atoms with van der Waals surface area (Å²) in [5.41, 5.74) is 0.849. The molecule has 0 rings (SSSR count). The molecule has 16 heavy (non-hydrogen) atoms. The first kappa shape index (κ1) is 15.8. The van der Waals surface area contributed by atoms with Crippen LogP contribution in [0.15, 0.2) is 12.2 Å². The lowest BCUT2D eigenvalue weighted by molar-refractivity contribution is 0.0175. The molecule has 96 valence electrons. The van der Waals surface area contributed by atoms with Crippen molar-refractivity contribution in [2.45, 2.75) is 32.4 Å². The summed E-state index contributed by atoms with van der Waals surface area (Å²) in [6.07, 6.45) is 1.85. The molecular formula is C11H24O4Si. The Hall–Kier alpha value is -0.203. The summed E-state index contributed by atoms with van der Waals surface area (Å²) in [5, 5.41) is 0. The van der Waals surface area contributed by atoms with Gasteiger partial charge in [-0.05, 0) is 13.3 Å². The summed E-state index contributed by atoms with van der Waals surface area (Å²) >= 11 is 0. The molecule has 0 aliphatic carbocycles. The minimum absolute atomic E-state index is 0.130. The molecule has 1 unspecified atom stereocenters. The van der Waals surface area contributed by atoms with Crippen molar-refractivity contribution in [1.82, 2.24) is 0 Å². The molecular weight excluding hydrogens is 224 g/mol. The first-order valence-corrected chi connectivity index (χ1v) is 7.27. The molecule has 0 fully saturated rings. The molecule has 4 nitrogen and oxygen atoms in total. The Balaban J connectivity index is 4.62. The van der Waals surface area contributed by atoms with Crippen molar-refractivity contribution >= 4 is 8.80 Å². The van der Waals surface area contributed by atoms with Crippen LogP contribution in [0, 0.1) is 0 Å². The fourth-order valence-corrected chi connectivity index (χ4v) is 3.73.